The van der Waals surface area contributed by atoms with Crippen LogP contribution in [0.3, 0.4) is 0 Å². The number of aliphatic hydroxyl groups is 1. The summed E-state index contributed by atoms with van der Waals surface area (Å²) in [5.74, 6) is 0. The Kier molecular flexibility index (Phi) is 5.98. The third-order valence-electron chi connectivity index (χ3n) is 2.66. The number of thiophene rings is 1. The normalized spacial score (nSPS) is 12.1. The molecule has 0 saturated heterocycles. The van der Waals surface area contributed by atoms with E-state index >= 15 is 0 Å². The van der Waals surface area contributed by atoms with Gasteiger partial charge in [0.2, 0.25) is 0 Å². The van der Waals surface area contributed by atoms with E-state index < -0.39 is 6.10 Å². The highest BCUT2D eigenvalue weighted by Crippen LogP contribution is 2.26. The van der Waals surface area contributed by atoms with E-state index in [4.69, 9.17) is 11.6 Å². The van der Waals surface area contributed by atoms with Gasteiger partial charge in [-0.15, -0.1) is 22.7 Å². The molecule has 1 unspecified atom stereocenters. The molecule has 0 spiro atoms. The predicted octanol–water partition coefficient (Wildman–Crippen LogP) is 3.67. The largest absolute Gasteiger partial charge is 0.386 e. The summed E-state index contributed by atoms with van der Waals surface area (Å²) in [4.78, 5) is 16.8. The zero-order valence-electron chi connectivity index (χ0n) is 11.4. The molecule has 2 aromatic heterocycles. The van der Waals surface area contributed by atoms with Gasteiger partial charge in [0.1, 0.15) is 6.10 Å². The Morgan fingerprint density at radius 2 is 2.33 bits per heavy atom. The fourth-order valence-electron chi connectivity index (χ4n) is 1.67. The molecule has 2 amide bonds. The molecule has 2 aromatic rings. The van der Waals surface area contributed by atoms with Crippen LogP contribution in [0.25, 0.3) is 0 Å². The minimum absolute atomic E-state index is 0.121. The Bertz CT molecular complexity index is 600. The van der Waals surface area contributed by atoms with Crippen molar-refractivity contribution in [1.82, 2.24) is 10.3 Å². The molecule has 0 bridgehead atoms. The average Bonchev–Trinajstić information content (AvgIpc) is 3.06. The number of hydrogen-bond donors (Lipinski definition) is 3. The van der Waals surface area contributed by atoms with Crippen molar-refractivity contribution in [1.29, 1.82) is 0 Å². The Hall–Kier alpha value is -1.15. The van der Waals surface area contributed by atoms with E-state index in [1.807, 2.05) is 5.38 Å². The van der Waals surface area contributed by atoms with Gasteiger partial charge in [0.05, 0.1) is 16.6 Å². The number of aryl methyl sites for hydroxylation is 1. The number of hydrogen-bond acceptors (Lipinski definition) is 5. The number of amides is 2. The standard InChI is InChI=1S/C13H16ClN3O2S2/c1-2-3-8-7-20-13(16-8)17-12(19)15-6-9(18)10-4-5-11(14)21-10/h4-5,7,9,18H,2-3,6H2,1H3,(H2,15,16,17,19). The SMILES string of the molecule is CCCc1csc(NC(=O)NCC(O)c2ccc(Cl)s2)n1. The Balaban J connectivity index is 1.78. The zero-order valence-corrected chi connectivity index (χ0v) is 13.8. The number of urea groups is 1. The average molecular weight is 346 g/mol. The highest BCUT2D eigenvalue weighted by atomic mass is 35.5. The molecule has 0 aliphatic rings. The lowest BCUT2D eigenvalue weighted by Crippen LogP contribution is -2.32. The van der Waals surface area contributed by atoms with Crippen molar-refractivity contribution in [3.63, 3.8) is 0 Å². The lowest BCUT2D eigenvalue weighted by atomic mass is 10.3. The number of anilines is 1. The van der Waals surface area contributed by atoms with E-state index in [0.717, 1.165) is 23.4 Å². The minimum atomic E-state index is -0.764. The molecule has 0 fully saturated rings. The molecule has 0 aliphatic heterocycles. The van der Waals surface area contributed by atoms with Crippen molar-refractivity contribution >= 4 is 45.4 Å². The summed E-state index contributed by atoms with van der Waals surface area (Å²) in [6, 6.07) is 3.08. The monoisotopic (exact) mass is 345 g/mol. The van der Waals surface area contributed by atoms with E-state index in [1.165, 1.54) is 22.7 Å². The molecule has 0 aliphatic carbocycles. The second-order valence-electron chi connectivity index (χ2n) is 4.39. The first-order valence-corrected chi connectivity index (χ1v) is 8.58. The second kappa shape index (κ2) is 7.74. The van der Waals surface area contributed by atoms with E-state index in [-0.39, 0.29) is 12.6 Å². The molecule has 5 nitrogen and oxygen atoms in total. The Labute approximate surface area is 136 Å². The summed E-state index contributed by atoms with van der Waals surface area (Å²) in [6.45, 7) is 2.20. The molecule has 8 heteroatoms. The van der Waals surface area contributed by atoms with Crippen LogP contribution in [-0.2, 0) is 6.42 Å². The molecular formula is C13H16ClN3O2S2. The van der Waals surface area contributed by atoms with Gasteiger partial charge < -0.3 is 10.4 Å². The van der Waals surface area contributed by atoms with Gasteiger partial charge in [-0.3, -0.25) is 5.32 Å². The van der Waals surface area contributed by atoms with Crippen molar-refractivity contribution in [2.75, 3.05) is 11.9 Å². The van der Waals surface area contributed by atoms with Gasteiger partial charge in [0, 0.05) is 10.3 Å². The number of nitrogens with zero attached hydrogens (tertiary/aromatic N) is 1. The van der Waals surface area contributed by atoms with E-state index in [2.05, 4.69) is 22.5 Å². The number of halogens is 1. The maximum absolute atomic E-state index is 11.7. The molecule has 2 heterocycles. The van der Waals surface area contributed by atoms with Crippen molar-refractivity contribution < 1.29 is 9.90 Å². The van der Waals surface area contributed by atoms with Crippen LogP contribution in [0.15, 0.2) is 17.5 Å². The number of carbonyl (C=O) groups is 1. The summed E-state index contributed by atoms with van der Waals surface area (Å²) in [6.07, 6.45) is 1.16. The van der Waals surface area contributed by atoms with E-state index in [0.29, 0.717) is 9.47 Å². The number of aromatic nitrogens is 1. The van der Waals surface area contributed by atoms with E-state index in [1.54, 1.807) is 12.1 Å². The molecule has 114 valence electrons. The van der Waals surface area contributed by atoms with Crippen LogP contribution in [0.2, 0.25) is 4.34 Å². The van der Waals surface area contributed by atoms with Crippen LogP contribution in [0.5, 0.6) is 0 Å². The fourth-order valence-corrected chi connectivity index (χ4v) is 3.46. The van der Waals surface area contributed by atoms with Gasteiger partial charge >= 0.3 is 6.03 Å². The van der Waals surface area contributed by atoms with Gasteiger partial charge in [-0.2, -0.15) is 0 Å². The van der Waals surface area contributed by atoms with Gasteiger partial charge in [-0.1, -0.05) is 24.9 Å². The number of aliphatic hydroxyl groups excluding tert-OH is 1. The zero-order chi connectivity index (χ0) is 15.2. The van der Waals surface area contributed by atoms with Gasteiger partial charge in [0.15, 0.2) is 5.13 Å². The summed E-state index contributed by atoms with van der Waals surface area (Å²) in [5, 5.41) is 17.7. The second-order valence-corrected chi connectivity index (χ2v) is 6.99. The Morgan fingerprint density at radius 1 is 1.52 bits per heavy atom. The van der Waals surface area contributed by atoms with Crippen LogP contribution in [-0.4, -0.2) is 22.7 Å². The molecule has 2 rings (SSSR count). The summed E-state index contributed by atoms with van der Waals surface area (Å²) in [7, 11) is 0. The van der Waals surface area contributed by atoms with Crippen molar-refractivity contribution in [3.8, 4) is 0 Å². The summed E-state index contributed by atoms with van der Waals surface area (Å²) < 4.78 is 0.611. The van der Waals surface area contributed by atoms with Crippen LogP contribution >= 0.6 is 34.3 Å². The molecule has 3 N–H and O–H groups in total. The maximum Gasteiger partial charge on any atom is 0.321 e. The smallest absolute Gasteiger partial charge is 0.321 e. The van der Waals surface area contributed by atoms with Gasteiger partial charge in [0.25, 0.3) is 0 Å². The first kappa shape index (κ1) is 16.2. The number of nitrogens with one attached hydrogen (secondary N) is 2. The first-order valence-electron chi connectivity index (χ1n) is 6.51. The highest BCUT2D eigenvalue weighted by Gasteiger charge is 2.12. The van der Waals surface area contributed by atoms with Gasteiger partial charge in [-0.25, -0.2) is 9.78 Å². The third-order valence-corrected chi connectivity index (χ3v) is 4.80. The Morgan fingerprint density at radius 3 is 3.00 bits per heavy atom. The quantitative estimate of drug-likeness (QED) is 0.747. The van der Waals surface area contributed by atoms with Crippen molar-refractivity contribution in [2.24, 2.45) is 0 Å². The number of carbonyl (C=O) groups excluding carboxylic acids is 1. The van der Waals surface area contributed by atoms with Crippen LogP contribution in [0, 0.1) is 0 Å². The molecule has 0 saturated carbocycles. The summed E-state index contributed by atoms with van der Waals surface area (Å²) in [5.41, 5.74) is 0.978. The molecule has 0 aromatic carbocycles. The molecule has 0 radical (unpaired) electrons. The fraction of sp³-hybridized carbons (Fsp3) is 0.385. The van der Waals surface area contributed by atoms with Crippen LogP contribution < -0.4 is 10.6 Å². The molecule has 21 heavy (non-hydrogen) atoms. The number of thiazole rings is 1. The van der Waals surface area contributed by atoms with Crippen LogP contribution in [0.1, 0.15) is 30.0 Å². The summed E-state index contributed by atoms with van der Waals surface area (Å²) >= 11 is 8.49. The van der Waals surface area contributed by atoms with Crippen molar-refractivity contribution in [2.45, 2.75) is 25.9 Å². The van der Waals surface area contributed by atoms with Gasteiger partial charge in [-0.05, 0) is 18.6 Å². The molecule has 1 atom stereocenters. The van der Waals surface area contributed by atoms with Crippen molar-refractivity contribution in [3.05, 3.63) is 32.4 Å². The van der Waals surface area contributed by atoms with Crippen LogP contribution in [0.4, 0.5) is 9.93 Å². The first-order chi connectivity index (χ1) is 10.1. The topological polar surface area (TPSA) is 74.2 Å². The molecular weight excluding hydrogens is 330 g/mol. The predicted molar refractivity (Wildman–Crippen MR) is 87.4 cm³/mol. The van der Waals surface area contributed by atoms with E-state index in [9.17, 15) is 9.90 Å². The lowest BCUT2D eigenvalue weighted by molar-refractivity contribution is 0.178. The lowest BCUT2D eigenvalue weighted by Gasteiger charge is -2.10. The third kappa shape index (κ3) is 4.96. The maximum atomic E-state index is 11.7. The number of rotatable bonds is 6. The highest BCUT2D eigenvalue weighted by molar-refractivity contribution is 7.16. The minimum Gasteiger partial charge on any atom is -0.386 e.